The molecule has 0 saturated heterocycles. The van der Waals surface area contributed by atoms with Gasteiger partial charge in [-0.3, -0.25) is 15.8 Å². The lowest BCUT2D eigenvalue weighted by Crippen LogP contribution is -2.31. The summed E-state index contributed by atoms with van der Waals surface area (Å²) in [6, 6.07) is 14.1. The Kier molecular flexibility index (Phi) is 5.64. The van der Waals surface area contributed by atoms with Crippen molar-refractivity contribution in [3.05, 3.63) is 65.0 Å². The zero-order chi connectivity index (χ0) is 14.2. The number of aromatic nitrogens is 1. The molecular formula is C15H21N5. The van der Waals surface area contributed by atoms with E-state index in [1.54, 1.807) is 0 Å². The van der Waals surface area contributed by atoms with Gasteiger partial charge in [-0.15, -0.1) is 0 Å². The molecule has 0 aliphatic carbocycles. The van der Waals surface area contributed by atoms with Gasteiger partial charge in [0, 0.05) is 19.6 Å². The van der Waals surface area contributed by atoms with Gasteiger partial charge in [0.2, 0.25) is 0 Å². The Hall–Kier alpha value is -1.79. The van der Waals surface area contributed by atoms with Gasteiger partial charge in [-0.25, -0.2) is 0 Å². The largest absolute Gasteiger partial charge is 0.326 e. The van der Waals surface area contributed by atoms with E-state index in [0.717, 1.165) is 23.5 Å². The number of hydrazine groups is 1. The maximum absolute atomic E-state index is 5.62. The molecule has 2 aromatic rings. The minimum Gasteiger partial charge on any atom is -0.326 e. The van der Waals surface area contributed by atoms with E-state index >= 15 is 0 Å². The van der Waals surface area contributed by atoms with E-state index in [-0.39, 0.29) is 0 Å². The lowest BCUT2D eigenvalue weighted by molar-refractivity contribution is 0.523. The van der Waals surface area contributed by atoms with Gasteiger partial charge < -0.3 is 11.5 Å². The van der Waals surface area contributed by atoms with Crippen LogP contribution in [0, 0.1) is 0 Å². The standard InChI is InChI=1S/C15H21N5/c16-8-12-3-1-4-13(7-12)10-18-19-11-15-6-2-5-14(9-17)20-15/h1-7,18-19H,8-11,16-17H2. The number of nitrogens with one attached hydrogen (secondary N) is 2. The van der Waals surface area contributed by atoms with Crippen LogP contribution in [-0.2, 0) is 26.2 Å². The van der Waals surface area contributed by atoms with Crippen LogP contribution >= 0.6 is 0 Å². The molecule has 2 rings (SSSR count). The molecule has 0 atom stereocenters. The van der Waals surface area contributed by atoms with Crippen molar-refractivity contribution in [3.8, 4) is 0 Å². The maximum atomic E-state index is 5.62. The van der Waals surface area contributed by atoms with E-state index in [4.69, 9.17) is 11.5 Å². The van der Waals surface area contributed by atoms with Crippen LogP contribution in [0.2, 0.25) is 0 Å². The molecule has 20 heavy (non-hydrogen) atoms. The first-order valence-electron chi connectivity index (χ1n) is 6.70. The fourth-order valence-electron chi connectivity index (χ4n) is 1.93. The van der Waals surface area contributed by atoms with Gasteiger partial charge in [-0.2, -0.15) is 0 Å². The summed E-state index contributed by atoms with van der Waals surface area (Å²) in [4.78, 5) is 4.42. The number of benzene rings is 1. The molecule has 106 valence electrons. The third kappa shape index (κ3) is 4.40. The molecule has 5 nitrogen and oxygen atoms in total. The Morgan fingerprint density at radius 1 is 0.800 bits per heavy atom. The van der Waals surface area contributed by atoms with Crippen LogP contribution in [0.4, 0.5) is 0 Å². The van der Waals surface area contributed by atoms with Gasteiger partial charge in [0.25, 0.3) is 0 Å². The minimum absolute atomic E-state index is 0.465. The van der Waals surface area contributed by atoms with E-state index in [0.29, 0.717) is 19.6 Å². The normalized spacial score (nSPS) is 10.7. The number of hydrogen-bond donors (Lipinski definition) is 4. The summed E-state index contributed by atoms with van der Waals surface area (Å²) >= 11 is 0. The second-order valence-electron chi connectivity index (χ2n) is 4.56. The molecule has 0 radical (unpaired) electrons. The Morgan fingerprint density at radius 2 is 1.50 bits per heavy atom. The highest BCUT2D eigenvalue weighted by molar-refractivity contribution is 5.23. The molecule has 1 aromatic heterocycles. The number of nitrogens with two attached hydrogens (primary N) is 2. The quantitative estimate of drug-likeness (QED) is 0.442. The highest BCUT2D eigenvalue weighted by atomic mass is 15.3. The van der Waals surface area contributed by atoms with E-state index in [9.17, 15) is 0 Å². The van der Waals surface area contributed by atoms with Crippen LogP contribution in [0.15, 0.2) is 42.5 Å². The van der Waals surface area contributed by atoms with Crippen LogP contribution in [-0.4, -0.2) is 4.98 Å². The molecule has 5 heteroatoms. The third-order valence-corrected chi connectivity index (χ3v) is 2.99. The first-order chi connectivity index (χ1) is 9.81. The first kappa shape index (κ1) is 14.6. The molecule has 0 aliphatic rings. The molecule has 0 unspecified atom stereocenters. The third-order valence-electron chi connectivity index (χ3n) is 2.99. The molecular weight excluding hydrogens is 250 g/mol. The molecule has 0 amide bonds. The van der Waals surface area contributed by atoms with E-state index in [1.807, 2.05) is 30.3 Å². The molecule has 0 aliphatic heterocycles. The van der Waals surface area contributed by atoms with Crippen molar-refractivity contribution >= 4 is 0 Å². The van der Waals surface area contributed by atoms with E-state index in [2.05, 4.69) is 28.0 Å². The smallest absolute Gasteiger partial charge is 0.0559 e. The van der Waals surface area contributed by atoms with Crippen molar-refractivity contribution in [3.63, 3.8) is 0 Å². The van der Waals surface area contributed by atoms with Crippen molar-refractivity contribution in [2.45, 2.75) is 26.2 Å². The predicted octanol–water partition coefficient (Wildman–Crippen LogP) is 0.793. The van der Waals surface area contributed by atoms with Gasteiger partial charge in [-0.05, 0) is 23.3 Å². The van der Waals surface area contributed by atoms with Crippen molar-refractivity contribution in [1.82, 2.24) is 15.8 Å². The number of pyridine rings is 1. The van der Waals surface area contributed by atoms with E-state index < -0.39 is 0 Å². The van der Waals surface area contributed by atoms with Crippen molar-refractivity contribution in [2.75, 3.05) is 0 Å². The van der Waals surface area contributed by atoms with Crippen molar-refractivity contribution in [1.29, 1.82) is 0 Å². The van der Waals surface area contributed by atoms with Gasteiger partial charge in [0.1, 0.15) is 0 Å². The molecule has 1 aromatic carbocycles. The zero-order valence-electron chi connectivity index (χ0n) is 11.5. The van der Waals surface area contributed by atoms with Crippen molar-refractivity contribution < 1.29 is 0 Å². The van der Waals surface area contributed by atoms with E-state index in [1.165, 1.54) is 5.56 Å². The SMILES string of the molecule is NCc1cccc(CNNCc2cccc(CN)n2)c1. The monoisotopic (exact) mass is 271 g/mol. The fourth-order valence-corrected chi connectivity index (χ4v) is 1.93. The predicted molar refractivity (Wildman–Crippen MR) is 80.1 cm³/mol. The summed E-state index contributed by atoms with van der Waals surface area (Å²) < 4.78 is 0. The number of nitrogens with zero attached hydrogens (tertiary/aromatic N) is 1. The Morgan fingerprint density at radius 3 is 2.30 bits per heavy atom. The van der Waals surface area contributed by atoms with Crippen molar-refractivity contribution in [2.24, 2.45) is 11.5 Å². The summed E-state index contributed by atoms with van der Waals surface area (Å²) in [7, 11) is 0. The highest BCUT2D eigenvalue weighted by Crippen LogP contribution is 2.04. The Balaban J connectivity index is 1.78. The molecule has 0 fully saturated rings. The summed E-state index contributed by atoms with van der Waals surface area (Å²) in [5.41, 5.74) is 21.7. The summed E-state index contributed by atoms with van der Waals surface area (Å²) in [5.74, 6) is 0. The van der Waals surface area contributed by atoms with Crippen LogP contribution in [0.1, 0.15) is 22.5 Å². The average Bonchev–Trinajstić information content (AvgIpc) is 2.52. The van der Waals surface area contributed by atoms with Gasteiger partial charge >= 0.3 is 0 Å². The number of hydrogen-bond acceptors (Lipinski definition) is 5. The van der Waals surface area contributed by atoms with Crippen LogP contribution < -0.4 is 22.3 Å². The minimum atomic E-state index is 0.465. The Labute approximate surface area is 119 Å². The topological polar surface area (TPSA) is 89.0 Å². The first-order valence-corrected chi connectivity index (χ1v) is 6.70. The summed E-state index contributed by atoms with van der Waals surface area (Å²) in [6.45, 7) is 2.43. The summed E-state index contributed by atoms with van der Waals surface area (Å²) in [5, 5.41) is 0. The van der Waals surface area contributed by atoms with Gasteiger partial charge in [-0.1, -0.05) is 30.3 Å². The van der Waals surface area contributed by atoms with Crippen LogP contribution in [0.5, 0.6) is 0 Å². The molecule has 1 heterocycles. The fraction of sp³-hybridized carbons (Fsp3) is 0.267. The van der Waals surface area contributed by atoms with Crippen LogP contribution in [0.3, 0.4) is 0 Å². The van der Waals surface area contributed by atoms with Crippen LogP contribution in [0.25, 0.3) is 0 Å². The molecule has 6 N–H and O–H groups in total. The molecule has 0 bridgehead atoms. The lowest BCUT2D eigenvalue weighted by atomic mass is 10.1. The highest BCUT2D eigenvalue weighted by Gasteiger charge is 1.97. The average molecular weight is 271 g/mol. The Bertz CT molecular complexity index is 492. The summed E-state index contributed by atoms with van der Waals surface area (Å²) in [6.07, 6.45) is 0. The maximum Gasteiger partial charge on any atom is 0.0559 e. The second-order valence-corrected chi connectivity index (χ2v) is 4.56. The number of rotatable bonds is 7. The molecule has 0 spiro atoms. The second kappa shape index (κ2) is 7.72. The molecule has 0 saturated carbocycles. The van der Waals surface area contributed by atoms with Gasteiger partial charge in [0.15, 0.2) is 0 Å². The lowest BCUT2D eigenvalue weighted by Gasteiger charge is -2.08. The zero-order valence-corrected chi connectivity index (χ0v) is 11.5. The van der Waals surface area contributed by atoms with Gasteiger partial charge in [0.05, 0.1) is 17.9 Å².